The maximum Gasteiger partial charge on any atom is 0.283 e. The summed E-state index contributed by atoms with van der Waals surface area (Å²) in [4.78, 5) is 16.9. The van der Waals surface area contributed by atoms with E-state index in [-0.39, 0.29) is 11.4 Å². The normalized spacial score (nSPS) is 17.2. The molecule has 0 spiro atoms. The van der Waals surface area contributed by atoms with Crippen molar-refractivity contribution in [3.8, 4) is 11.4 Å². The van der Waals surface area contributed by atoms with E-state index in [2.05, 4.69) is 20.7 Å². The highest BCUT2D eigenvalue weighted by Crippen LogP contribution is 2.34. The fraction of sp³-hybridized carbons (Fsp3) is 0.273. The molecule has 160 valence electrons. The maximum atomic E-state index is 12.7. The van der Waals surface area contributed by atoms with Crippen LogP contribution in [0.2, 0.25) is 0 Å². The first-order valence-corrected chi connectivity index (χ1v) is 11.6. The highest BCUT2D eigenvalue weighted by Gasteiger charge is 2.35. The van der Waals surface area contributed by atoms with E-state index < -0.39 is 5.91 Å². The third-order valence-corrected chi connectivity index (χ3v) is 6.97. The van der Waals surface area contributed by atoms with Crippen LogP contribution in [0.4, 0.5) is 0 Å². The second-order valence-corrected chi connectivity index (χ2v) is 9.62. The number of nitrogens with one attached hydrogen (secondary N) is 1. The number of nitrogens with zero attached hydrogens (tertiary/aromatic N) is 4. The molecular weight excluding hydrogens is 430 g/mol. The van der Waals surface area contributed by atoms with E-state index in [0.717, 1.165) is 44.1 Å². The van der Waals surface area contributed by atoms with E-state index in [4.69, 9.17) is 10.1 Å². The number of thioether (sulfide) groups is 2. The Hall–Kier alpha value is -2.78. The average molecular weight is 454 g/mol. The van der Waals surface area contributed by atoms with Gasteiger partial charge in [0.25, 0.3) is 5.91 Å². The van der Waals surface area contributed by atoms with Gasteiger partial charge in [-0.1, -0.05) is 24.8 Å². The van der Waals surface area contributed by atoms with Crippen molar-refractivity contribution in [2.45, 2.75) is 27.7 Å². The van der Waals surface area contributed by atoms with Crippen LogP contribution in [0.5, 0.6) is 5.75 Å². The fourth-order valence-electron chi connectivity index (χ4n) is 3.59. The largest absolute Gasteiger partial charge is 0.495 e. The number of aliphatic imine (C=N–C) groups is 1. The van der Waals surface area contributed by atoms with E-state index in [1.54, 1.807) is 24.9 Å². The number of amidine groups is 2. The zero-order valence-electron chi connectivity index (χ0n) is 18.0. The summed E-state index contributed by atoms with van der Waals surface area (Å²) < 4.78 is 8.46. The molecule has 1 N–H and O–H groups in total. The van der Waals surface area contributed by atoms with Gasteiger partial charge in [0.1, 0.15) is 5.75 Å². The van der Waals surface area contributed by atoms with Gasteiger partial charge in [0.05, 0.1) is 18.4 Å². The number of aromatic nitrogens is 1. The lowest BCUT2D eigenvalue weighted by atomic mass is 10.1. The molecule has 31 heavy (non-hydrogen) atoms. The van der Waals surface area contributed by atoms with Crippen LogP contribution in [-0.2, 0) is 4.79 Å². The first kappa shape index (κ1) is 21.5. The Balaban J connectivity index is 1.76. The summed E-state index contributed by atoms with van der Waals surface area (Å²) in [6.07, 6.45) is 1.73. The van der Waals surface area contributed by atoms with Crippen molar-refractivity contribution < 1.29 is 9.53 Å². The molecule has 2 aliphatic heterocycles. The second-order valence-electron chi connectivity index (χ2n) is 7.16. The minimum Gasteiger partial charge on any atom is -0.495 e. The lowest BCUT2D eigenvalue weighted by molar-refractivity contribution is -0.114. The lowest BCUT2D eigenvalue weighted by Gasteiger charge is -2.20. The highest BCUT2D eigenvalue weighted by molar-refractivity contribution is 8.45. The number of amides is 1. The molecule has 0 radical (unpaired) electrons. The molecule has 1 amide bonds. The van der Waals surface area contributed by atoms with Gasteiger partial charge < -0.3 is 9.30 Å². The quantitative estimate of drug-likeness (QED) is 0.676. The van der Waals surface area contributed by atoms with Gasteiger partial charge in [-0.15, -0.1) is 5.10 Å². The molecule has 0 unspecified atom stereocenters. The van der Waals surface area contributed by atoms with Crippen LogP contribution >= 0.6 is 23.5 Å². The van der Waals surface area contributed by atoms with Crippen LogP contribution in [-0.4, -0.2) is 43.7 Å². The molecule has 4 rings (SSSR count). The summed E-state index contributed by atoms with van der Waals surface area (Å²) in [5.74, 6) is 1.27. The van der Waals surface area contributed by atoms with E-state index in [1.165, 1.54) is 16.8 Å². The van der Waals surface area contributed by atoms with Crippen LogP contribution < -0.4 is 4.74 Å². The first-order valence-electron chi connectivity index (χ1n) is 9.81. The van der Waals surface area contributed by atoms with Crippen LogP contribution in [0.15, 0.2) is 39.9 Å². The van der Waals surface area contributed by atoms with Crippen molar-refractivity contribution in [3.05, 3.63) is 52.4 Å². The van der Waals surface area contributed by atoms with Gasteiger partial charge in [-0.2, -0.15) is 10.0 Å². The minimum absolute atomic E-state index is 0.0483. The van der Waals surface area contributed by atoms with Crippen molar-refractivity contribution in [3.63, 3.8) is 0 Å². The first-order chi connectivity index (χ1) is 14.8. The second kappa shape index (κ2) is 8.39. The standard InChI is InChI=1S/C22H23N5O2S2/c1-6-30-22-25-27-19(23)16(20(28)24-21(27)31-22)11-15-10-13(3)26(14(15)4)17-9-12(2)7-8-18(17)29-5/h7-11,23H,6H2,1-5H3/b16-11+,23-19?. The monoisotopic (exact) mass is 453 g/mol. The molecule has 0 atom stereocenters. The van der Waals surface area contributed by atoms with Gasteiger partial charge in [-0.05, 0) is 73.7 Å². The molecule has 7 nitrogen and oxygen atoms in total. The number of methoxy groups -OCH3 is 1. The molecule has 2 aliphatic rings. The van der Waals surface area contributed by atoms with E-state index in [1.807, 2.05) is 45.9 Å². The Labute approximate surface area is 189 Å². The topological polar surface area (TPSA) is 83.0 Å². The van der Waals surface area contributed by atoms with Gasteiger partial charge in [-0.25, -0.2) is 0 Å². The Kier molecular flexibility index (Phi) is 5.81. The van der Waals surface area contributed by atoms with Crippen molar-refractivity contribution in [2.24, 2.45) is 10.1 Å². The van der Waals surface area contributed by atoms with Gasteiger partial charge in [-0.3, -0.25) is 10.2 Å². The zero-order chi connectivity index (χ0) is 22.3. The number of hydrogen-bond acceptors (Lipinski definition) is 6. The number of carbonyl (C=O) groups excluding carboxylic acids is 1. The molecule has 0 fully saturated rings. The maximum absolute atomic E-state index is 12.7. The Bertz CT molecular complexity index is 1190. The van der Waals surface area contributed by atoms with E-state index in [9.17, 15) is 4.79 Å². The number of carbonyl (C=O) groups is 1. The van der Waals surface area contributed by atoms with Crippen LogP contribution in [0.3, 0.4) is 0 Å². The zero-order valence-corrected chi connectivity index (χ0v) is 19.6. The highest BCUT2D eigenvalue weighted by atomic mass is 32.2. The van der Waals surface area contributed by atoms with Crippen molar-refractivity contribution in [1.82, 2.24) is 9.58 Å². The number of fused-ring (bicyclic) bond motifs is 1. The molecule has 0 saturated carbocycles. The van der Waals surface area contributed by atoms with Crippen molar-refractivity contribution in [2.75, 3.05) is 12.9 Å². The third-order valence-electron chi connectivity index (χ3n) is 5.05. The van der Waals surface area contributed by atoms with Crippen molar-refractivity contribution in [1.29, 1.82) is 5.41 Å². The number of benzene rings is 1. The number of hydrazone groups is 1. The molecule has 0 bridgehead atoms. The van der Waals surface area contributed by atoms with Gasteiger partial charge in [0.15, 0.2) is 10.2 Å². The van der Waals surface area contributed by atoms with Gasteiger partial charge >= 0.3 is 0 Å². The number of ether oxygens (including phenoxy) is 1. The van der Waals surface area contributed by atoms with Crippen molar-refractivity contribution >= 4 is 50.9 Å². The SMILES string of the molecule is CCSC1=NN2C(=N)/C(=C\c3cc(C)n(-c4cc(C)ccc4OC)c3C)C(=O)N=C2S1. The van der Waals surface area contributed by atoms with Gasteiger partial charge in [0.2, 0.25) is 5.17 Å². The molecular formula is C22H23N5O2S2. The predicted octanol–water partition coefficient (Wildman–Crippen LogP) is 4.74. The lowest BCUT2D eigenvalue weighted by Crippen LogP contribution is -2.35. The Morgan fingerprint density at radius 3 is 2.74 bits per heavy atom. The summed E-state index contributed by atoms with van der Waals surface area (Å²) in [5, 5.41) is 14.9. The van der Waals surface area contributed by atoms with Crippen LogP contribution in [0.1, 0.15) is 29.4 Å². The summed E-state index contributed by atoms with van der Waals surface area (Å²) in [7, 11) is 1.66. The average Bonchev–Trinajstić information content (AvgIpc) is 3.25. The molecule has 0 saturated heterocycles. The summed E-state index contributed by atoms with van der Waals surface area (Å²) in [6.45, 7) is 8.08. The molecule has 1 aromatic carbocycles. The predicted molar refractivity (Wildman–Crippen MR) is 130 cm³/mol. The number of aryl methyl sites for hydroxylation is 2. The van der Waals surface area contributed by atoms with Gasteiger partial charge in [0, 0.05) is 11.4 Å². The number of rotatable bonds is 4. The third kappa shape index (κ3) is 3.83. The summed E-state index contributed by atoms with van der Waals surface area (Å²) in [6, 6.07) is 8.04. The summed E-state index contributed by atoms with van der Waals surface area (Å²) in [5.41, 5.74) is 5.10. The smallest absolute Gasteiger partial charge is 0.283 e. The molecule has 9 heteroatoms. The van der Waals surface area contributed by atoms with E-state index in [0.29, 0.717) is 5.17 Å². The van der Waals surface area contributed by atoms with E-state index >= 15 is 0 Å². The minimum atomic E-state index is -0.417. The molecule has 1 aromatic heterocycles. The Morgan fingerprint density at radius 2 is 2.03 bits per heavy atom. The molecule has 0 aliphatic carbocycles. The summed E-state index contributed by atoms with van der Waals surface area (Å²) >= 11 is 2.90. The van der Waals surface area contributed by atoms with Crippen LogP contribution in [0.25, 0.3) is 11.8 Å². The molecule has 3 heterocycles. The van der Waals surface area contributed by atoms with Crippen LogP contribution in [0, 0.1) is 26.2 Å². The number of hydrogen-bond donors (Lipinski definition) is 1. The Morgan fingerprint density at radius 1 is 1.26 bits per heavy atom. The fourth-order valence-corrected chi connectivity index (χ4v) is 5.42. The molecule has 2 aromatic rings.